The van der Waals surface area contributed by atoms with Crippen molar-refractivity contribution in [3.63, 3.8) is 0 Å². The molecule has 0 aliphatic heterocycles. The van der Waals surface area contributed by atoms with Gasteiger partial charge in [-0.3, -0.25) is 19.7 Å². The van der Waals surface area contributed by atoms with Crippen molar-refractivity contribution in [2.75, 3.05) is 0 Å². The summed E-state index contributed by atoms with van der Waals surface area (Å²) in [5.41, 5.74) is 4.70. The van der Waals surface area contributed by atoms with E-state index in [9.17, 15) is 19.7 Å². The SMILES string of the molecule is Cc1cc(=O)n(CC(N)C(=O)O)cc1[N+](=O)[O-]. The number of carboxylic acids is 1. The van der Waals surface area contributed by atoms with Crippen LogP contribution in [0.4, 0.5) is 5.69 Å². The Bertz CT molecular complexity index is 522. The van der Waals surface area contributed by atoms with E-state index in [4.69, 9.17) is 10.8 Å². The van der Waals surface area contributed by atoms with E-state index in [-0.39, 0.29) is 17.8 Å². The number of aryl methyl sites for hydroxylation is 1. The second kappa shape index (κ2) is 4.74. The predicted octanol–water partition coefficient (Wildman–Crippen LogP) is -0.523. The summed E-state index contributed by atoms with van der Waals surface area (Å²) in [6.07, 6.45) is 1.00. The number of aliphatic carboxylic acids is 1. The highest BCUT2D eigenvalue weighted by molar-refractivity contribution is 5.72. The molecule has 1 rings (SSSR count). The number of hydrogen-bond donors (Lipinski definition) is 2. The molecule has 0 aliphatic rings. The molecule has 0 spiro atoms. The van der Waals surface area contributed by atoms with Crippen molar-refractivity contribution in [3.05, 3.63) is 38.3 Å². The fraction of sp³-hybridized carbons (Fsp3) is 0.333. The van der Waals surface area contributed by atoms with Gasteiger partial charge in [-0.1, -0.05) is 0 Å². The van der Waals surface area contributed by atoms with Gasteiger partial charge >= 0.3 is 5.97 Å². The average molecular weight is 241 g/mol. The number of rotatable bonds is 4. The van der Waals surface area contributed by atoms with E-state index in [0.717, 1.165) is 16.8 Å². The van der Waals surface area contributed by atoms with Crippen LogP contribution in [0.5, 0.6) is 0 Å². The first kappa shape index (κ1) is 12.8. The maximum Gasteiger partial charge on any atom is 0.322 e. The van der Waals surface area contributed by atoms with Crippen LogP contribution in [0.2, 0.25) is 0 Å². The van der Waals surface area contributed by atoms with Gasteiger partial charge in [-0.2, -0.15) is 0 Å². The number of nitro groups is 1. The Morgan fingerprint density at radius 2 is 2.29 bits per heavy atom. The maximum absolute atomic E-state index is 11.5. The van der Waals surface area contributed by atoms with E-state index in [0.29, 0.717) is 0 Å². The van der Waals surface area contributed by atoms with E-state index in [1.807, 2.05) is 0 Å². The van der Waals surface area contributed by atoms with Crippen LogP contribution in [-0.4, -0.2) is 26.6 Å². The number of carboxylic acid groups (broad SMARTS) is 1. The third-order valence-electron chi connectivity index (χ3n) is 2.21. The van der Waals surface area contributed by atoms with Gasteiger partial charge in [0.05, 0.1) is 17.7 Å². The summed E-state index contributed by atoms with van der Waals surface area (Å²) in [6, 6.07) is -0.206. The van der Waals surface area contributed by atoms with Crippen molar-refractivity contribution < 1.29 is 14.8 Å². The van der Waals surface area contributed by atoms with Crippen LogP contribution in [-0.2, 0) is 11.3 Å². The Morgan fingerprint density at radius 1 is 1.71 bits per heavy atom. The highest BCUT2D eigenvalue weighted by atomic mass is 16.6. The minimum atomic E-state index is -1.28. The molecule has 1 heterocycles. The fourth-order valence-corrected chi connectivity index (χ4v) is 1.28. The van der Waals surface area contributed by atoms with Crippen molar-refractivity contribution >= 4 is 11.7 Å². The largest absolute Gasteiger partial charge is 0.480 e. The van der Waals surface area contributed by atoms with Crippen molar-refractivity contribution in [1.29, 1.82) is 0 Å². The van der Waals surface area contributed by atoms with Gasteiger partial charge in [0.25, 0.3) is 11.2 Å². The number of carbonyl (C=O) groups is 1. The molecule has 0 bridgehead atoms. The molecule has 3 N–H and O–H groups in total. The van der Waals surface area contributed by atoms with Gasteiger partial charge in [0.15, 0.2) is 0 Å². The number of aromatic nitrogens is 1. The Kier molecular flexibility index (Phi) is 3.59. The van der Waals surface area contributed by atoms with Crippen LogP contribution in [0.1, 0.15) is 5.56 Å². The molecule has 92 valence electrons. The lowest BCUT2D eigenvalue weighted by Crippen LogP contribution is -2.37. The highest BCUT2D eigenvalue weighted by Gasteiger charge is 2.17. The third-order valence-corrected chi connectivity index (χ3v) is 2.21. The van der Waals surface area contributed by atoms with Gasteiger partial charge in [0, 0.05) is 11.6 Å². The smallest absolute Gasteiger partial charge is 0.322 e. The van der Waals surface area contributed by atoms with E-state index >= 15 is 0 Å². The summed E-state index contributed by atoms with van der Waals surface area (Å²) in [5, 5.41) is 19.2. The first-order chi connectivity index (χ1) is 7.82. The van der Waals surface area contributed by atoms with Crippen LogP contribution in [0.15, 0.2) is 17.1 Å². The number of hydrogen-bond acceptors (Lipinski definition) is 5. The molecule has 0 radical (unpaired) electrons. The monoisotopic (exact) mass is 241 g/mol. The molecule has 1 aromatic heterocycles. The summed E-state index contributed by atoms with van der Waals surface area (Å²) in [4.78, 5) is 32.0. The molecule has 0 amide bonds. The van der Waals surface area contributed by atoms with Gasteiger partial charge in [0.2, 0.25) is 0 Å². The molecule has 0 fully saturated rings. The van der Waals surface area contributed by atoms with Crippen molar-refractivity contribution in [2.45, 2.75) is 19.5 Å². The van der Waals surface area contributed by atoms with Gasteiger partial charge in [-0.15, -0.1) is 0 Å². The minimum Gasteiger partial charge on any atom is -0.480 e. The van der Waals surface area contributed by atoms with Crippen molar-refractivity contribution in [3.8, 4) is 0 Å². The maximum atomic E-state index is 11.5. The summed E-state index contributed by atoms with van der Waals surface area (Å²) >= 11 is 0. The summed E-state index contributed by atoms with van der Waals surface area (Å²) in [7, 11) is 0. The van der Waals surface area contributed by atoms with Crippen molar-refractivity contribution in [2.24, 2.45) is 5.73 Å². The molecule has 1 atom stereocenters. The number of pyridine rings is 1. The molecule has 0 saturated heterocycles. The normalized spacial score (nSPS) is 12.1. The van der Waals surface area contributed by atoms with Gasteiger partial charge in [-0.05, 0) is 6.92 Å². The molecular weight excluding hydrogens is 230 g/mol. The Morgan fingerprint density at radius 3 is 2.76 bits per heavy atom. The molecule has 0 aliphatic carbocycles. The molecule has 0 aromatic carbocycles. The first-order valence-electron chi connectivity index (χ1n) is 4.66. The molecule has 1 aromatic rings. The number of nitrogens with zero attached hydrogens (tertiary/aromatic N) is 2. The quantitative estimate of drug-likeness (QED) is 0.539. The van der Waals surface area contributed by atoms with Crippen LogP contribution >= 0.6 is 0 Å². The van der Waals surface area contributed by atoms with Crippen LogP contribution < -0.4 is 11.3 Å². The topological polar surface area (TPSA) is 128 Å². The average Bonchev–Trinajstić information content (AvgIpc) is 2.21. The van der Waals surface area contributed by atoms with E-state index in [2.05, 4.69) is 0 Å². The van der Waals surface area contributed by atoms with Gasteiger partial charge < -0.3 is 15.4 Å². The lowest BCUT2D eigenvalue weighted by molar-refractivity contribution is -0.385. The van der Waals surface area contributed by atoms with Crippen LogP contribution in [0, 0.1) is 17.0 Å². The lowest BCUT2D eigenvalue weighted by atomic mass is 10.2. The first-order valence-corrected chi connectivity index (χ1v) is 4.66. The third kappa shape index (κ3) is 2.88. The summed E-state index contributed by atoms with van der Waals surface area (Å²) in [6.45, 7) is 1.12. The molecular formula is C9H11N3O5. The molecule has 0 saturated carbocycles. The summed E-state index contributed by atoms with van der Waals surface area (Å²) < 4.78 is 0.921. The molecule has 8 nitrogen and oxygen atoms in total. The lowest BCUT2D eigenvalue weighted by Gasteiger charge is -2.09. The molecule has 1 unspecified atom stereocenters. The zero-order valence-electron chi connectivity index (χ0n) is 8.99. The Labute approximate surface area is 95.4 Å². The predicted molar refractivity (Wildman–Crippen MR) is 57.7 cm³/mol. The van der Waals surface area contributed by atoms with E-state index in [1.165, 1.54) is 6.92 Å². The van der Waals surface area contributed by atoms with Crippen molar-refractivity contribution in [1.82, 2.24) is 4.57 Å². The Hall–Kier alpha value is -2.22. The summed E-state index contributed by atoms with van der Waals surface area (Å²) in [5.74, 6) is -1.28. The number of nitrogens with two attached hydrogens (primary N) is 1. The minimum absolute atomic E-state index is 0.222. The van der Waals surface area contributed by atoms with Gasteiger partial charge in [0.1, 0.15) is 6.04 Å². The van der Waals surface area contributed by atoms with Crippen LogP contribution in [0.25, 0.3) is 0 Å². The van der Waals surface area contributed by atoms with E-state index in [1.54, 1.807) is 0 Å². The van der Waals surface area contributed by atoms with Crippen LogP contribution in [0.3, 0.4) is 0 Å². The standard InChI is InChI=1S/C9H11N3O5/c1-5-2-8(13)11(3-6(10)9(14)15)4-7(5)12(16)17/h2,4,6H,3,10H2,1H3,(H,14,15). The zero-order chi connectivity index (χ0) is 13.2. The zero-order valence-corrected chi connectivity index (χ0v) is 8.99. The molecule has 17 heavy (non-hydrogen) atoms. The Balaban J connectivity index is 3.17. The second-order valence-corrected chi connectivity index (χ2v) is 3.53. The van der Waals surface area contributed by atoms with E-state index < -0.39 is 22.5 Å². The second-order valence-electron chi connectivity index (χ2n) is 3.53. The van der Waals surface area contributed by atoms with Gasteiger partial charge in [-0.25, -0.2) is 0 Å². The fourth-order valence-electron chi connectivity index (χ4n) is 1.28. The molecule has 8 heteroatoms. The highest BCUT2D eigenvalue weighted by Crippen LogP contribution is 2.13.